The molecule has 5 rings (SSSR count). The predicted molar refractivity (Wildman–Crippen MR) is 108 cm³/mol. The van der Waals surface area contributed by atoms with Crippen molar-refractivity contribution in [2.45, 2.75) is 25.8 Å². The summed E-state index contributed by atoms with van der Waals surface area (Å²) in [4.78, 5) is 32.9. The van der Waals surface area contributed by atoms with Crippen LogP contribution in [0.4, 0.5) is 15.7 Å². The van der Waals surface area contributed by atoms with Crippen LogP contribution in [0.3, 0.4) is 0 Å². The van der Waals surface area contributed by atoms with E-state index in [2.05, 4.69) is 41.6 Å². The van der Waals surface area contributed by atoms with Gasteiger partial charge in [0.1, 0.15) is 23.6 Å². The Hall–Kier alpha value is -2.75. The third-order valence-corrected chi connectivity index (χ3v) is 6.69. The van der Waals surface area contributed by atoms with Gasteiger partial charge in [0, 0.05) is 43.9 Å². The van der Waals surface area contributed by atoms with Gasteiger partial charge in [-0.25, -0.2) is 19.7 Å². The van der Waals surface area contributed by atoms with Gasteiger partial charge in [-0.1, -0.05) is 0 Å². The number of hydrogen-bond acceptors (Lipinski definition) is 7. The Morgan fingerprint density at radius 3 is 2.82 bits per heavy atom. The van der Waals surface area contributed by atoms with E-state index in [0.29, 0.717) is 28.8 Å². The van der Waals surface area contributed by atoms with Crippen molar-refractivity contribution in [2.24, 2.45) is 11.8 Å². The van der Waals surface area contributed by atoms with Crippen molar-refractivity contribution >= 4 is 39.5 Å². The third-order valence-electron chi connectivity index (χ3n) is 5.97. The van der Waals surface area contributed by atoms with Crippen LogP contribution in [0.25, 0.3) is 11.0 Å². The molecule has 0 aromatic carbocycles. The van der Waals surface area contributed by atoms with E-state index in [1.54, 1.807) is 6.33 Å². The van der Waals surface area contributed by atoms with Gasteiger partial charge in [0.25, 0.3) is 0 Å². The lowest BCUT2D eigenvalue weighted by atomic mass is 10.0. The van der Waals surface area contributed by atoms with Gasteiger partial charge in [0.15, 0.2) is 0 Å². The van der Waals surface area contributed by atoms with Crippen molar-refractivity contribution < 1.29 is 4.79 Å². The van der Waals surface area contributed by atoms with E-state index in [4.69, 9.17) is 0 Å². The fourth-order valence-corrected chi connectivity index (χ4v) is 5.15. The Labute approximate surface area is 166 Å². The minimum Gasteiger partial charge on any atom is -0.356 e. The van der Waals surface area contributed by atoms with Gasteiger partial charge in [-0.2, -0.15) is 4.37 Å². The summed E-state index contributed by atoms with van der Waals surface area (Å²) < 4.78 is 4.11. The second kappa shape index (κ2) is 6.69. The van der Waals surface area contributed by atoms with Crippen molar-refractivity contribution in [2.75, 3.05) is 30.4 Å². The van der Waals surface area contributed by atoms with Crippen LogP contribution in [-0.4, -0.2) is 61.4 Å². The van der Waals surface area contributed by atoms with Crippen LogP contribution < -0.4 is 10.2 Å². The minimum absolute atomic E-state index is 0.0692. The van der Waals surface area contributed by atoms with Crippen LogP contribution in [0.2, 0.25) is 0 Å². The zero-order valence-electron chi connectivity index (χ0n) is 15.8. The van der Waals surface area contributed by atoms with E-state index in [1.807, 2.05) is 24.1 Å². The maximum Gasteiger partial charge on any atom is 0.323 e. The highest BCUT2D eigenvalue weighted by atomic mass is 32.1. The first-order chi connectivity index (χ1) is 13.6. The van der Waals surface area contributed by atoms with Crippen LogP contribution >= 0.6 is 11.5 Å². The summed E-state index contributed by atoms with van der Waals surface area (Å²) in [5.74, 6) is 2.71. The second-order valence-corrected chi connectivity index (χ2v) is 8.43. The second-order valence-electron chi connectivity index (χ2n) is 7.68. The Kier molecular flexibility index (Phi) is 4.15. The number of likely N-dealkylation sites (tertiary alicyclic amines) is 1. The topological polar surface area (TPSA) is 103 Å². The lowest BCUT2D eigenvalue weighted by Gasteiger charge is -2.27. The molecule has 3 aromatic heterocycles. The van der Waals surface area contributed by atoms with E-state index in [0.717, 1.165) is 42.8 Å². The lowest BCUT2D eigenvalue weighted by Crippen LogP contribution is -2.36. The molecule has 3 aromatic rings. The SMILES string of the molecule is Cc1nsc(NC(=O)N2C[C@H]3CC(N(C)c4ncnc5[nH]ccc45)C[C@H]3C2)n1. The Morgan fingerprint density at radius 2 is 2.11 bits per heavy atom. The normalized spacial score (nSPS) is 23.9. The summed E-state index contributed by atoms with van der Waals surface area (Å²) in [6.07, 6.45) is 5.65. The van der Waals surface area contributed by atoms with E-state index >= 15 is 0 Å². The molecule has 10 heteroatoms. The van der Waals surface area contributed by atoms with Crippen molar-refractivity contribution in [3.63, 3.8) is 0 Å². The number of aromatic nitrogens is 5. The van der Waals surface area contributed by atoms with E-state index < -0.39 is 0 Å². The van der Waals surface area contributed by atoms with Crippen LogP contribution in [0.5, 0.6) is 0 Å². The molecule has 0 radical (unpaired) electrons. The summed E-state index contributed by atoms with van der Waals surface area (Å²) in [6.45, 7) is 3.41. The highest BCUT2D eigenvalue weighted by Crippen LogP contribution is 2.41. The highest BCUT2D eigenvalue weighted by molar-refractivity contribution is 7.09. The number of carbonyl (C=O) groups is 1. The van der Waals surface area contributed by atoms with Gasteiger partial charge in [-0.15, -0.1) is 0 Å². The number of rotatable bonds is 3. The number of urea groups is 1. The Morgan fingerprint density at radius 1 is 1.32 bits per heavy atom. The number of hydrogen-bond donors (Lipinski definition) is 2. The first kappa shape index (κ1) is 17.4. The first-order valence-electron chi connectivity index (χ1n) is 9.45. The fraction of sp³-hybridized carbons (Fsp3) is 0.500. The number of nitrogens with one attached hydrogen (secondary N) is 2. The largest absolute Gasteiger partial charge is 0.356 e. The zero-order chi connectivity index (χ0) is 19.3. The number of fused-ring (bicyclic) bond motifs is 2. The average Bonchev–Trinajstić information content (AvgIpc) is 3.43. The molecule has 1 unspecified atom stereocenters. The summed E-state index contributed by atoms with van der Waals surface area (Å²) in [5.41, 5.74) is 0.866. The molecule has 2 fully saturated rings. The number of H-pyrrole nitrogens is 1. The summed E-state index contributed by atoms with van der Waals surface area (Å²) in [7, 11) is 2.11. The lowest BCUT2D eigenvalue weighted by molar-refractivity contribution is 0.218. The number of aromatic amines is 1. The van der Waals surface area contributed by atoms with Crippen LogP contribution in [-0.2, 0) is 0 Å². The van der Waals surface area contributed by atoms with E-state index in [9.17, 15) is 4.79 Å². The van der Waals surface area contributed by atoms with Gasteiger partial charge < -0.3 is 14.8 Å². The van der Waals surface area contributed by atoms with Crippen LogP contribution in [0.15, 0.2) is 18.6 Å². The van der Waals surface area contributed by atoms with Gasteiger partial charge in [-0.3, -0.25) is 5.32 Å². The molecule has 2 aliphatic rings. The maximum atomic E-state index is 12.5. The predicted octanol–water partition coefficient (Wildman–Crippen LogP) is 2.50. The molecule has 1 saturated carbocycles. The molecule has 146 valence electrons. The standard InChI is InChI=1S/C18H22N8OS/c1-10-22-17(28-24-10)23-18(27)26-7-11-5-13(6-12(11)8-26)25(2)16-14-3-4-19-15(14)20-9-21-16/h3-4,9,11-13H,5-8H2,1-2H3,(H,19,20,21)(H,22,23,24,27)/t11-,12+,13?. The van der Waals surface area contributed by atoms with Gasteiger partial charge in [0.2, 0.25) is 5.13 Å². The first-order valence-corrected chi connectivity index (χ1v) is 10.2. The zero-order valence-corrected chi connectivity index (χ0v) is 16.6. The molecular weight excluding hydrogens is 376 g/mol. The van der Waals surface area contributed by atoms with E-state index in [1.165, 1.54) is 11.5 Å². The molecule has 1 aliphatic carbocycles. The number of amides is 2. The summed E-state index contributed by atoms with van der Waals surface area (Å²) in [6, 6.07) is 2.39. The van der Waals surface area contributed by atoms with Crippen molar-refractivity contribution in [1.29, 1.82) is 0 Å². The minimum atomic E-state index is -0.0692. The molecule has 1 saturated heterocycles. The number of anilines is 2. The summed E-state index contributed by atoms with van der Waals surface area (Å²) >= 11 is 1.22. The molecule has 2 N–H and O–H groups in total. The fourth-order valence-electron chi connectivity index (χ4n) is 4.58. The smallest absolute Gasteiger partial charge is 0.323 e. The molecule has 9 nitrogen and oxygen atoms in total. The third kappa shape index (κ3) is 2.97. The monoisotopic (exact) mass is 398 g/mol. The van der Waals surface area contributed by atoms with E-state index in [-0.39, 0.29) is 6.03 Å². The Balaban J connectivity index is 1.23. The quantitative estimate of drug-likeness (QED) is 0.703. The number of nitrogens with zero attached hydrogens (tertiary/aromatic N) is 6. The molecule has 4 heterocycles. The highest BCUT2D eigenvalue weighted by Gasteiger charge is 2.44. The number of aryl methyl sites for hydroxylation is 1. The summed E-state index contributed by atoms with van der Waals surface area (Å²) in [5, 5.41) is 4.49. The molecule has 3 atom stereocenters. The van der Waals surface area contributed by atoms with Crippen LogP contribution in [0.1, 0.15) is 18.7 Å². The Bertz CT molecular complexity index is 1000. The molecule has 0 bridgehead atoms. The van der Waals surface area contributed by atoms with Gasteiger partial charge in [-0.05, 0) is 37.7 Å². The van der Waals surface area contributed by atoms with Gasteiger partial charge in [0.05, 0.1) is 5.39 Å². The molecule has 0 spiro atoms. The van der Waals surface area contributed by atoms with Crippen molar-refractivity contribution in [3.8, 4) is 0 Å². The van der Waals surface area contributed by atoms with Crippen molar-refractivity contribution in [3.05, 3.63) is 24.4 Å². The van der Waals surface area contributed by atoms with Gasteiger partial charge >= 0.3 is 6.03 Å². The molecule has 2 amide bonds. The molecular formula is C18H22N8OS. The maximum absolute atomic E-state index is 12.5. The average molecular weight is 398 g/mol. The van der Waals surface area contributed by atoms with Crippen LogP contribution in [0, 0.1) is 18.8 Å². The number of carbonyl (C=O) groups excluding carboxylic acids is 1. The van der Waals surface area contributed by atoms with Crippen molar-refractivity contribution in [1.82, 2.24) is 29.2 Å². The molecule has 28 heavy (non-hydrogen) atoms. The molecule has 1 aliphatic heterocycles.